The number of aromatic nitrogens is 1. The minimum absolute atomic E-state index is 0.0506. The second-order valence-electron chi connectivity index (χ2n) is 9.16. The standard InChI is InChI=1S/C29H30N2O6S/c1-6-7-14-37-21-13-12-20(15-17(21)3)24(32)22-23(19-10-8-16(2)9-11-19)31(27(34)25(22)33)29-30-18(4)26(38-29)28(35)36-5/h8-13,15,23,32H,6-7,14H2,1-5H3/b24-22+/t23-/m1/s1. The average molecular weight is 535 g/mol. The van der Waals surface area contributed by atoms with Crippen molar-refractivity contribution >= 4 is 39.9 Å². The van der Waals surface area contributed by atoms with Gasteiger partial charge < -0.3 is 14.6 Å². The molecular weight excluding hydrogens is 504 g/mol. The fourth-order valence-corrected chi connectivity index (χ4v) is 5.31. The molecule has 1 aromatic heterocycles. The Morgan fingerprint density at radius 1 is 1.11 bits per heavy atom. The summed E-state index contributed by atoms with van der Waals surface area (Å²) in [6.45, 7) is 8.10. The molecule has 0 aliphatic carbocycles. The molecular formula is C29H30N2O6S. The maximum Gasteiger partial charge on any atom is 0.350 e. The first kappa shape index (κ1) is 27.1. The summed E-state index contributed by atoms with van der Waals surface area (Å²) in [6, 6.07) is 11.6. The van der Waals surface area contributed by atoms with Crippen molar-refractivity contribution < 1.29 is 29.0 Å². The second-order valence-corrected chi connectivity index (χ2v) is 10.1. The Morgan fingerprint density at radius 3 is 2.45 bits per heavy atom. The zero-order valence-electron chi connectivity index (χ0n) is 22.0. The molecule has 0 saturated carbocycles. The van der Waals surface area contributed by atoms with Crippen molar-refractivity contribution in [2.24, 2.45) is 0 Å². The number of ketones is 1. The highest BCUT2D eigenvalue weighted by molar-refractivity contribution is 7.17. The number of unbranched alkanes of at least 4 members (excludes halogenated alkanes) is 1. The quantitative estimate of drug-likeness (QED) is 0.131. The number of carbonyl (C=O) groups excluding carboxylic acids is 3. The topological polar surface area (TPSA) is 106 Å². The van der Waals surface area contributed by atoms with Gasteiger partial charge in [-0.25, -0.2) is 9.78 Å². The van der Waals surface area contributed by atoms with Gasteiger partial charge in [-0.3, -0.25) is 14.5 Å². The average Bonchev–Trinajstić information content (AvgIpc) is 3.41. The molecule has 1 aliphatic heterocycles. The number of esters is 1. The van der Waals surface area contributed by atoms with Gasteiger partial charge in [0.1, 0.15) is 16.4 Å². The SMILES string of the molecule is CCCCOc1ccc(/C(O)=C2\C(=O)C(=O)N(c3nc(C)c(C(=O)OC)s3)[C@@H]2c2ccc(C)cc2)cc1C. The minimum atomic E-state index is -0.938. The number of methoxy groups -OCH3 is 1. The Hall–Kier alpha value is -3.98. The molecule has 0 unspecified atom stereocenters. The molecule has 1 saturated heterocycles. The second kappa shape index (κ2) is 11.2. The number of nitrogens with zero attached hydrogens (tertiary/aromatic N) is 2. The van der Waals surface area contributed by atoms with E-state index in [1.54, 1.807) is 25.1 Å². The van der Waals surface area contributed by atoms with Gasteiger partial charge in [-0.15, -0.1) is 0 Å². The largest absolute Gasteiger partial charge is 0.507 e. The summed E-state index contributed by atoms with van der Waals surface area (Å²) < 4.78 is 10.7. The van der Waals surface area contributed by atoms with Crippen molar-refractivity contribution in [1.29, 1.82) is 0 Å². The first-order valence-electron chi connectivity index (χ1n) is 12.3. The van der Waals surface area contributed by atoms with Crippen LogP contribution in [-0.4, -0.2) is 41.5 Å². The van der Waals surface area contributed by atoms with Gasteiger partial charge in [0.25, 0.3) is 5.78 Å². The van der Waals surface area contributed by atoms with E-state index in [0.29, 0.717) is 29.2 Å². The summed E-state index contributed by atoms with van der Waals surface area (Å²) in [6.07, 6.45) is 1.94. The summed E-state index contributed by atoms with van der Waals surface area (Å²) >= 11 is 0.967. The predicted molar refractivity (Wildman–Crippen MR) is 146 cm³/mol. The highest BCUT2D eigenvalue weighted by Crippen LogP contribution is 2.44. The zero-order valence-corrected chi connectivity index (χ0v) is 22.8. The van der Waals surface area contributed by atoms with Crippen LogP contribution in [0.25, 0.3) is 5.76 Å². The van der Waals surface area contributed by atoms with E-state index in [9.17, 15) is 19.5 Å². The summed E-state index contributed by atoms with van der Waals surface area (Å²) in [5, 5.41) is 11.6. The number of amides is 1. The minimum Gasteiger partial charge on any atom is -0.507 e. The molecule has 0 spiro atoms. The van der Waals surface area contributed by atoms with Crippen LogP contribution in [-0.2, 0) is 14.3 Å². The van der Waals surface area contributed by atoms with Crippen LogP contribution in [0.3, 0.4) is 0 Å². The van der Waals surface area contributed by atoms with Crippen LogP contribution in [0, 0.1) is 20.8 Å². The van der Waals surface area contributed by atoms with Crippen molar-refractivity contribution in [2.45, 2.75) is 46.6 Å². The van der Waals surface area contributed by atoms with Crippen molar-refractivity contribution in [3.8, 4) is 5.75 Å². The lowest BCUT2D eigenvalue weighted by atomic mass is 9.94. The molecule has 8 nitrogen and oxygen atoms in total. The van der Waals surface area contributed by atoms with Crippen molar-refractivity contribution in [3.05, 3.63) is 80.9 Å². The molecule has 0 bridgehead atoms. The van der Waals surface area contributed by atoms with Gasteiger partial charge in [0.05, 0.1) is 31.0 Å². The van der Waals surface area contributed by atoms with Crippen molar-refractivity contribution in [2.75, 3.05) is 18.6 Å². The molecule has 2 aromatic carbocycles. The fourth-order valence-electron chi connectivity index (χ4n) is 4.30. The van der Waals surface area contributed by atoms with Crippen LogP contribution in [0.4, 0.5) is 5.13 Å². The molecule has 0 radical (unpaired) electrons. The molecule has 3 aromatic rings. The van der Waals surface area contributed by atoms with Crippen LogP contribution in [0.15, 0.2) is 48.0 Å². The van der Waals surface area contributed by atoms with Gasteiger partial charge in [-0.1, -0.05) is 54.5 Å². The van der Waals surface area contributed by atoms with Gasteiger partial charge in [-0.05, 0) is 56.5 Å². The number of rotatable bonds is 8. The van der Waals surface area contributed by atoms with E-state index >= 15 is 0 Å². The smallest absolute Gasteiger partial charge is 0.350 e. The number of ether oxygens (including phenoxy) is 2. The Kier molecular flexibility index (Phi) is 7.97. The Morgan fingerprint density at radius 2 is 1.82 bits per heavy atom. The van der Waals surface area contributed by atoms with Crippen molar-refractivity contribution in [1.82, 2.24) is 4.98 Å². The number of thiazole rings is 1. The fraction of sp³-hybridized carbons (Fsp3) is 0.310. The third-order valence-electron chi connectivity index (χ3n) is 6.40. The van der Waals surface area contributed by atoms with E-state index < -0.39 is 23.7 Å². The van der Waals surface area contributed by atoms with Gasteiger partial charge in [-0.2, -0.15) is 0 Å². The van der Waals surface area contributed by atoms with E-state index in [-0.39, 0.29) is 21.3 Å². The lowest BCUT2D eigenvalue weighted by Gasteiger charge is -2.23. The molecule has 9 heteroatoms. The van der Waals surface area contributed by atoms with Gasteiger partial charge in [0, 0.05) is 5.56 Å². The maximum atomic E-state index is 13.4. The molecule has 1 N–H and O–H groups in total. The summed E-state index contributed by atoms with van der Waals surface area (Å²) in [7, 11) is 1.27. The first-order chi connectivity index (χ1) is 18.2. The molecule has 38 heavy (non-hydrogen) atoms. The number of aliphatic hydroxyl groups excluding tert-OH is 1. The summed E-state index contributed by atoms with van der Waals surface area (Å²) in [5.41, 5.74) is 3.15. The van der Waals surface area contributed by atoms with E-state index in [1.807, 2.05) is 38.1 Å². The van der Waals surface area contributed by atoms with Crippen LogP contribution >= 0.6 is 11.3 Å². The highest BCUT2D eigenvalue weighted by Gasteiger charge is 2.48. The van der Waals surface area contributed by atoms with Gasteiger partial charge in [0.15, 0.2) is 5.13 Å². The predicted octanol–water partition coefficient (Wildman–Crippen LogP) is 5.66. The number of aliphatic hydroxyl groups is 1. The van der Waals surface area contributed by atoms with E-state index in [4.69, 9.17) is 9.47 Å². The molecule has 1 aliphatic rings. The van der Waals surface area contributed by atoms with E-state index in [1.165, 1.54) is 12.0 Å². The third kappa shape index (κ3) is 5.06. The molecule has 4 rings (SSSR count). The lowest BCUT2D eigenvalue weighted by Crippen LogP contribution is -2.29. The number of hydrogen-bond acceptors (Lipinski definition) is 8. The van der Waals surface area contributed by atoms with Crippen LogP contribution in [0.5, 0.6) is 5.75 Å². The monoisotopic (exact) mass is 534 g/mol. The number of benzene rings is 2. The van der Waals surface area contributed by atoms with Gasteiger partial charge in [0.2, 0.25) is 0 Å². The molecule has 198 valence electrons. The molecule has 1 fully saturated rings. The molecule has 2 heterocycles. The van der Waals surface area contributed by atoms with Crippen LogP contribution < -0.4 is 9.64 Å². The number of aryl methyl sites for hydroxylation is 3. The summed E-state index contributed by atoms with van der Waals surface area (Å²) in [4.78, 5) is 44.9. The molecule has 1 atom stereocenters. The zero-order chi connectivity index (χ0) is 27.6. The Balaban J connectivity index is 1.84. The third-order valence-corrected chi connectivity index (χ3v) is 7.54. The summed E-state index contributed by atoms with van der Waals surface area (Å²) in [5.74, 6) is -1.84. The molecule has 1 amide bonds. The van der Waals surface area contributed by atoms with Crippen LogP contribution in [0.1, 0.15) is 63.4 Å². The lowest BCUT2D eigenvalue weighted by molar-refractivity contribution is -0.132. The number of anilines is 1. The van der Waals surface area contributed by atoms with E-state index in [0.717, 1.165) is 35.3 Å². The number of carbonyl (C=O) groups is 3. The van der Waals surface area contributed by atoms with Gasteiger partial charge >= 0.3 is 11.9 Å². The normalized spacial score (nSPS) is 16.7. The first-order valence-corrected chi connectivity index (χ1v) is 13.2. The number of hydrogen-bond donors (Lipinski definition) is 1. The maximum absolute atomic E-state index is 13.4. The van der Waals surface area contributed by atoms with Crippen molar-refractivity contribution in [3.63, 3.8) is 0 Å². The van der Waals surface area contributed by atoms with Crippen LogP contribution in [0.2, 0.25) is 0 Å². The Bertz CT molecular complexity index is 1420. The number of Topliss-reactive ketones (excluding diaryl/α,β-unsaturated/α-hetero) is 1. The van der Waals surface area contributed by atoms with E-state index in [2.05, 4.69) is 11.9 Å². The highest BCUT2D eigenvalue weighted by atomic mass is 32.1. The Labute approximate surface area is 225 Å².